The van der Waals surface area contributed by atoms with E-state index in [0.29, 0.717) is 25.7 Å². The van der Waals surface area contributed by atoms with Gasteiger partial charge in [0.2, 0.25) is 59.1 Å². The van der Waals surface area contributed by atoms with Crippen LogP contribution in [-0.4, -0.2) is 154 Å². The van der Waals surface area contributed by atoms with Crippen LogP contribution in [0.3, 0.4) is 0 Å². The molecule has 3 heterocycles. The number of hydrogen-bond donors (Lipinski definition) is 10. The minimum absolute atomic E-state index is 0.0828. The van der Waals surface area contributed by atoms with Crippen molar-refractivity contribution in [2.24, 2.45) is 35.1 Å². The largest absolute Gasteiger partial charge is 0.343 e. The molecule has 0 aromatic heterocycles. The van der Waals surface area contributed by atoms with Crippen LogP contribution in [0.5, 0.6) is 0 Å². The lowest BCUT2D eigenvalue weighted by Crippen LogP contribution is -2.63. The van der Waals surface area contributed by atoms with E-state index >= 15 is 0 Å². The van der Waals surface area contributed by atoms with Gasteiger partial charge in [-0.25, -0.2) is 0 Å². The van der Waals surface area contributed by atoms with Crippen molar-refractivity contribution in [1.29, 1.82) is 0 Å². The van der Waals surface area contributed by atoms with Gasteiger partial charge in [0.1, 0.15) is 59.4 Å². The molecule has 22 heteroatoms. The van der Waals surface area contributed by atoms with Crippen LogP contribution >= 0.6 is 0 Å². The van der Waals surface area contributed by atoms with Crippen LogP contribution in [-0.2, 0) is 47.9 Å². The lowest BCUT2D eigenvalue weighted by atomic mass is 9.98. The van der Waals surface area contributed by atoms with Crippen LogP contribution in [0.1, 0.15) is 155 Å². The fraction of sp³-hybridized carbons (Fsp3) is 0.645. The molecule has 3 aliphatic heterocycles. The van der Waals surface area contributed by atoms with Gasteiger partial charge in [-0.05, 0) is 125 Å². The first-order chi connectivity index (χ1) is 40.0. The topological polar surface area (TPSA) is 325 Å². The second-order valence-corrected chi connectivity index (χ2v) is 25.4. The quantitative estimate of drug-likeness (QED) is 0.130. The molecule has 460 valence electrons. The van der Waals surface area contributed by atoms with Gasteiger partial charge >= 0.3 is 0 Å². The Kier molecular flexibility index (Phi) is 21.8. The van der Waals surface area contributed by atoms with Crippen molar-refractivity contribution in [2.75, 3.05) is 26.2 Å². The normalized spacial score (nSPS) is 30.8. The van der Waals surface area contributed by atoms with E-state index in [1.165, 1.54) is 9.80 Å². The number of nitrogens with two attached hydrogens (primary N) is 2. The third-order valence-electron chi connectivity index (χ3n) is 17.3. The number of benzene rings is 2. The summed E-state index contributed by atoms with van der Waals surface area (Å²) in [4.78, 5) is 151. The third kappa shape index (κ3) is 15.1. The number of carbonyl (C=O) groups is 10. The van der Waals surface area contributed by atoms with Crippen LogP contribution in [0.2, 0.25) is 0 Å². The van der Waals surface area contributed by atoms with Crippen molar-refractivity contribution in [3.63, 3.8) is 0 Å². The Morgan fingerprint density at radius 3 is 1.13 bits per heavy atom. The number of nitrogens with zero attached hydrogens (tertiary/aromatic N) is 2. The summed E-state index contributed by atoms with van der Waals surface area (Å²) >= 11 is 0. The summed E-state index contributed by atoms with van der Waals surface area (Å²) in [6.45, 7) is 15.2. The van der Waals surface area contributed by atoms with Gasteiger partial charge in [-0.2, -0.15) is 0 Å². The highest BCUT2D eigenvalue weighted by Crippen LogP contribution is 2.53. The SMILES string of the molecule is CC(C)C[C@@H]1NC(=O)[C@H](CCCN)NC(=O)[C@H](C(C)C)NC(=O)[C@]2(C[C@H]2c2ccccc2)NC(=O)[C@H]2CCCN2C(=O)[C@H](CC(C)C)NC(=O)[C@H](CCCN)NC(=O)[C@H](C(C)C)NC(=O)[C@]2(C[C@H]2c2ccccc2)NC(=O)[C@H]2CCCN2C1=O. The number of fused-ring (bicyclic) bond motifs is 2. The molecule has 5 fully saturated rings. The molecule has 2 aliphatic carbocycles. The van der Waals surface area contributed by atoms with Crippen molar-refractivity contribution >= 4 is 59.1 Å². The van der Waals surface area contributed by atoms with Crippen LogP contribution in [0.4, 0.5) is 0 Å². The van der Waals surface area contributed by atoms with E-state index in [9.17, 15) is 47.9 Å². The molecule has 10 amide bonds. The van der Waals surface area contributed by atoms with Crippen molar-refractivity contribution < 1.29 is 47.9 Å². The van der Waals surface area contributed by atoms with E-state index in [1.807, 2.05) is 88.4 Å². The highest BCUT2D eigenvalue weighted by Gasteiger charge is 2.64. The monoisotopic (exact) mass is 1160 g/mol. The van der Waals surface area contributed by atoms with Crippen molar-refractivity contribution in [3.05, 3.63) is 71.8 Å². The average molecular weight is 1170 g/mol. The minimum atomic E-state index is -1.55. The number of nitrogens with one attached hydrogen (secondary N) is 8. The van der Waals surface area contributed by atoms with Crippen LogP contribution < -0.4 is 54.0 Å². The van der Waals surface area contributed by atoms with E-state index in [2.05, 4.69) is 42.5 Å². The average Bonchev–Trinajstić information content (AvgIpc) is 2.00. The molecule has 0 unspecified atom stereocenters. The van der Waals surface area contributed by atoms with Gasteiger partial charge in [0, 0.05) is 24.9 Å². The van der Waals surface area contributed by atoms with Crippen LogP contribution in [0, 0.1) is 23.7 Å². The molecule has 2 aromatic rings. The fourth-order valence-corrected chi connectivity index (χ4v) is 12.5. The van der Waals surface area contributed by atoms with Crippen molar-refractivity contribution in [2.45, 2.75) is 204 Å². The Morgan fingerprint density at radius 2 is 0.810 bits per heavy atom. The number of amides is 10. The molecule has 2 aromatic carbocycles. The van der Waals surface area contributed by atoms with Crippen molar-refractivity contribution in [1.82, 2.24) is 52.3 Å². The van der Waals surface area contributed by atoms with Gasteiger partial charge in [0.15, 0.2) is 0 Å². The fourth-order valence-electron chi connectivity index (χ4n) is 12.5. The van der Waals surface area contributed by atoms with E-state index in [1.54, 1.807) is 27.7 Å². The Labute approximate surface area is 494 Å². The van der Waals surface area contributed by atoms with E-state index < -0.39 is 142 Å². The van der Waals surface area contributed by atoms with Gasteiger partial charge in [0.05, 0.1) is 0 Å². The summed E-state index contributed by atoms with van der Waals surface area (Å²) < 4.78 is 0. The lowest BCUT2D eigenvalue weighted by molar-refractivity contribution is -0.143. The van der Waals surface area contributed by atoms with E-state index in [0.717, 1.165) is 11.1 Å². The maximum atomic E-state index is 15.0. The van der Waals surface area contributed by atoms with E-state index in [-0.39, 0.29) is 89.4 Å². The molecular weight excluding hydrogens is 1070 g/mol. The predicted molar refractivity (Wildman–Crippen MR) is 316 cm³/mol. The smallest absolute Gasteiger partial charge is 0.247 e. The maximum absolute atomic E-state index is 15.0. The Morgan fingerprint density at radius 1 is 0.464 bits per heavy atom. The predicted octanol–water partition coefficient (Wildman–Crippen LogP) is 1.86. The summed E-state index contributed by atoms with van der Waals surface area (Å²) in [6.07, 6.45) is 2.89. The zero-order valence-corrected chi connectivity index (χ0v) is 50.3. The minimum Gasteiger partial charge on any atom is -0.343 e. The van der Waals surface area contributed by atoms with Gasteiger partial charge in [-0.15, -0.1) is 0 Å². The van der Waals surface area contributed by atoms with E-state index in [4.69, 9.17) is 11.5 Å². The second-order valence-electron chi connectivity index (χ2n) is 25.4. The lowest BCUT2D eigenvalue weighted by Gasteiger charge is -2.33. The maximum Gasteiger partial charge on any atom is 0.247 e. The first-order valence-corrected chi connectivity index (χ1v) is 30.5. The van der Waals surface area contributed by atoms with Gasteiger partial charge in [0.25, 0.3) is 0 Å². The summed E-state index contributed by atoms with van der Waals surface area (Å²) in [5, 5.41) is 23.5. The molecular formula is C62H92N12O10. The third-order valence-corrected chi connectivity index (χ3v) is 17.3. The van der Waals surface area contributed by atoms with Gasteiger partial charge in [-0.3, -0.25) is 47.9 Å². The van der Waals surface area contributed by atoms with Crippen molar-refractivity contribution in [3.8, 4) is 0 Å². The Hall–Kier alpha value is -6.94. The molecule has 12 N–H and O–H groups in total. The molecule has 0 bridgehead atoms. The molecule has 5 aliphatic rings. The standard InChI is InChI=1S/C62H92N12O10/c1-35(2)31-45-57(81)73-29-17-25-47(73)53(77)71-61(33-41(61)39-19-11-9-12-20-39)59(83)70-50(38(7)8)56(80)66-44(24-16-28-64)52(76)68-46(32-36(3)4)58(82)74-30-18-26-48(74)54(78)72-62(34-42(62)40-21-13-10-14-22-40)60(84)69-49(37(5)6)55(79)65-43(23-15-27-63)51(75)67-45/h9-14,19-22,35-38,41-50H,15-18,23-34,63-64H2,1-8H3,(H,65,79)(H,66,80)(H,67,75)(H,68,76)(H,69,84)(H,70,83)(H,71,77)(H,72,78)/t41-,42-,43-,44-,45-,46-,47+,48+,49-,50-,61+,62+/m0/s1. The molecule has 0 radical (unpaired) electrons. The molecule has 7 rings (SSSR count). The van der Waals surface area contributed by atoms with Gasteiger partial charge in [-0.1, -0.05) is 116 Å². The van der Waals surface area contributed by atoms with Crippen LogP contribution in [0.15, 0.2) is 60.7 Å². The summed E-state index contributed by atoms with van der Waals surface area (Å²) in [5.41, 5.74) is 10.4. The highest BCUT2D eigenvalue weighted by atomic mass is 16.2. The highest BCUT2D eigenvalue weighted by molar-refractivity contribution is 6.03. The summed E-state index contributed by atoms with van der Waals surface area (Å²) in [5.74, 6) is -8.52. The zero-order valence-electron chi connectivity index (χ0n) is 50.3. The Bertz CT molecular complexity index is 2530. The molecule has 3 saturated heterocycles. The summed E-state index contributed by atoms with van der Waals surface area (Å²) in [7, 11) is 0. The summed E-state index contributed by atoms with van der Waals surface area (Å²) in [6, 6.07) is 9.15. The molecule has 84 heavy (non-hydrogen) atoms. The molecule has 22 nitrogen and oxygen atoms in total. The molecule has 2 saturated carbocycles. The zero-order chi connectivity index (χ0) is 61.2. The first kappa shape index (κ1) is 64.6. The first-order valence-electron chi connectivity index (χ1n) is 30.5. The second kappa shape index (κ2) is 28.3. The molecule has 12 atom stereocenters. The van der Waals surface area contributed by atoms with Crippen LogP contribution in [0.25, 0.3) is 0 Å². The van der Waals surface area contributed by atoms with Gasteiger partial charge < -0.3 is 63.8 Å². The number of hydrogen-bond acceptors (Lipinski definition) is 12. The number of rotatable bonds is 14. The number of carbonyl (C=O) groups excluding carboxylic acids is 10. The Balaban J connectivity index is 1.27. The molecule has 2 spiro atoms.